The maximum atomic E-state index is 13.3. The number of ether oxygens (including phenoxy) is 3. The van der Waals surface area contributed by atoms with Crippen molar-refractivity contribution in [2.24, 2.45) is 0 Å². The van der Waals surface area contributed by atoms with Gasteiger partial charge >= 0.3 is 12.0 Å². The highest BCUT2D eigenvalue weighted by atomic mass is 79.9. The summed E-state index contributed by atoms with van der Waals surface area (Å²) in [5, 5.41) is 2.35. The quantitative estimate of drug-likeness (QED) is 0.202. The molecule has 0 aromatic heterocycles. The maximum Gasteiger partial charge on any atom is 0.338 e. The van der Waals surface area contributed by atoms with E-state index in [9.17, 15) is 19.2 Å². The lowest BCUT2D eigenvalue weighted by atomic mass is 10.1. The number of urea groups is 1. The monoisotopic (exact) mass is 612 g/mol. The van der Waals surface area contributed by atoms with Gasteiger partial charge in [0.25, 0.3) is 11.8 Å². The Morgan fingerprint density at radius 1 is 1.08 bits per heavy atom. The molecule has 1 fully saturated rings. The third-order valence-corrected chi connectivity index (χ3v) is 6.69. The molecule has 0 saturated carbocycles. The molecule has 4 amide bonds. The molecule has 1 heterocycles. The number of barbiturate groups is 1. The molecule has 4 rings (SSSR count). The van der Waals surface area contributed by atoms with E-state index in [4.69, 9.17) is 25.8 Å². The summed E-state index contributed by atoms with van der Waals surface area (Å²) in [6.07, 6.45) is 1.30. The van der Waals surface area contributed by atoms with Gasteiger partial charge in [-0.15, -0.1) is 0 Å². The minimum Gasteiger partial charge on any atom is -0.493 e. The van der Waals surface area contributed by atoms with E-state index in [2.05, 4.69) is 21.2 Å². The Labute approximate surface area is 237 Å². The molecule has 3 aromatic rings. The molecule has 200 valence electrons. The first kappa shape index (κ1) is 27.9. The molecule has 9 nitrogen and oxygen atoms in total. The molecule has 0 atom stereocenters. The normalized spacial score (nSPS) is 14.3. The highest BCUT2D eigenvalue weighted by Crippen LogP contribution is 2.38. The van der Waals surface area contributed by atoms with Crippen LogP contribution in [0.2, 0.25) is 5.02 Å². The van der Waals surface area contributed by atoms with Gasteiger partial charge in [0.05, 0.1) is 30.0 Å². The molecule has 1 saturated heterocycles. The number of hydrogen-bond acceptors (Lipinski definition) is 7. The van der Waals surface area contributed by atoms with Crippen LogP contribution in [0.1, 0.15) is 28.4 Å². The van der Waals surface area contributed by atoms with Crippen LogP contribution >= 0.6 is 27.5 Å². The standard InChI is InChI=1S/C28H22BrClN2O7/c1-3-38-27(35)17-8-10-19(11-9-17)32-26(34)20(25(33)31-28(32)36)12-16-13-22(30)24(23(14-16)37-2)39-15-18-6-4-5-7-21(18)29/h4-14H,3,15H2,1-2H3,(H,31,33,36)/b20-12+. The molecule has 11 heteroatoms. The van der Waals surface area contributed by atoms with Crippen molar-refractivity contribution in [3.8, 4) is 11.5 Å². The van der Waals surface area contributed by atoms with Crippen LogP contribution in [-0.4, -0.2) is 37.5 Å². The summed E-state index contributed by atoms with van der Waals surface area (Å²) in [5.41, 5.74) is 1.38. The summed E-state index contributed by atoms with van der Waals surface area (Å²) < 4.78 is 17.2. The average Bonchev–Trinajstić information content (AvgIpc) is 2.91. The molecule has 0 aliphatic carbocycles. The zero-order valence-corrected chi connectivity index (χ0v) is 23.2. The third-order valence-electron chi connectivity index (χ3n) is 5.63. The number of nitrogens with one attached hydrogen (secondary N) is 1. The van der Waals surface area contributed by atoms with Crippen molar-refractivity contribution in [2.75, 3.05) is 18.6 Å². The molecule has 0 radical (unpaired) electrons. The van der Waals surface area contributed by atoms with E-state index in [1.807, 2.05) is 24.3 Å². The van der Waals surface area contributed by atoms with E-state index in [1.54, 1.807) is 13.0 Å². The lowest BCUT2D eigenvalue weighted by Crippen LogP contribution is -2.54. The van der Waals surface area contributed by atoms with E-state index in [-0.39, 0.29) is 46.6 Å². The van der Waals surface area contributed by atoms with Crippen LogP contribution in [0.25, 0.3) is 6.08 Å². The van der Waals surface area contributed by atoms with Crippen molar-refractivity contribution < 1.29 is 33.4 Å². The van der Waals surface area contributed by atoms with E-state index < -0.39 is 23.8 Å². The number of nitrogens with zero attached hydrogens (tertiary/aromatic N) is 1. The van der Waals surface area contributed by atoms with Crippen LogP contribution < -0.4 is 19.7 Å². The number of imide groups is 2. The lowest BCUT2D eigenvalue weighted by molar-refractivity contribution is -0.122. The fourth-order valence-electron chi connectivity index (χ4n) is 3.75. The maximum absolute atomic E-state index is 13.3. The number of hydrogen-bond donors (Lipinski definition) is 1. The SMILES string of the molecule is CCOC(=O)c1ccc(N2C(=O)NC(=O)/C(=C\c3cc(Cl)c(OCc4ccccc4Br)c(OC)c3)C2=O)cc1. The number of anilines is 1. The summed E-state index contributed by atoms with van der Waals surface area (Å²) in [7, 11) is 1.44. The summed E-state index contributed by atoms with van der Waals surface area (Å²) in [6, 6.07) is 15.4. The van der Waals surface area contributed by atoms with Gasteiger partial charge in [0.2, 0.25) is 0 Å². The Bertz CT molecular complexity index is 1490. The lowest BCUT2D eigenvalue weighted by Gasteiger charge is -2.26. The zero-order chi connectivity index (χ0) is 28.1. The summed E-state index contributed by atoms with van der Waals surface area (Å²) in [4.78, 5) is 51.1. The summed E-state index contributed by atoms with van der Waals surface area (Å²) >= 11 is 9.96. The second-order valence-corrected chi connectivity index (χ2v) is 9.40. The number of carbonyl (C=O) groups is 4. The van der Waals surface area contributed by atoms with Crippen molar-refractivity contribution >= 4 is 63.1 Å². The number of amides is 4. The first-order chi connectivity index (χ1) is 18.7. The molecule has 0 spiro atoms. The summed E-state index contributed by atoms with van der Waals surface area (Å²) in [5.74, 6) is -1.68. The van der Waals surface area contributed by atoms with Crippen molar-refractivity contribution in [3.05, 3.63) is 92.4 Å². The average molecular weight is 614 g/mol. The predicted octanol–water partition coefficient (Wildman–Crippen LogP) is 5.53. The van der Waals surface area contributed by atoms with Gasteiger partial charge in [-0.1, -0.05) is 45.7 Å². The molecular formula is C28H22BrClN2O7. The predicted molar refractivity (Wildman–Crippen MR) is 148 cm³/mol. The zero-order valence-electron chi connectivity index (χ0n) is 20.8. The van der Waals surface area contributed by atoms with E-state index in [0.29, 0.717) is 5.56 Å². The fraction of sp³-hybridized carbons (Fsp3) is 0.143. The molecular weight excluding hydrogens is 592 g/mol. The number of methoxy groups -OCH3 is 1. The Morgan fingerprint density at radius 3 is 2.46 bits per heavy atom. The van der Waals surface area contributed by atoms with E-state index in [1.165, 1.54) is 43.5 Å². The number of benzene rings is 3. The fourth-order valence-corrected chi connectivity index (χ4v) is 4.42. The Kier molecular flexibility index (Phi) is 8.68. The third kappa shape index (κ3) is 6.13. The molecule has 3 aromatic carbocycles. The van der Waals surface area contributed by atoms with Gasteiger partial charge in [0.1, 0.15) is 12.2 Å². The van der Waals surface area contributed by atoms with Crippen molar-refractivity contribution in [3.63, 3.8) is 0 Å². The number of halogens is 2. The molecule has 0 bridgehead atoms. The first-order valence-electron chi connectivity index (χ1n) is 11.7. The van der Waals surface area contributed by atoms with Gasteiger partial charge in [0, 0.05) is 10.0 Å². The van der Waals surface area contributed by atoms with Gasteiger partial charge in [0.15, 0.2) is 11.5 Å². The van der Waals surface area contributed by atoms with Crippen LogP contribution in [0, 0.1) is 0 Å². The van der Waals surface area contributed by atoms with Gasteiger partial charge in [-0.3, -0.25) is 14.9 Å². The topological polar surface area (TPSA) is 111 Å². The number of rotatable bonds is 8. The van der Waals surface area contributed by atoms with Gasteiger partial charge in [-0.05, 0) is 61.0 Å². The first-order valence-corrected chi connectivity index (χ1v) is 12.8. The van der Waals surface area contributed by atoms with Crippen molar-refractivity contribution in [1.29, 1.82) is 0 Å². The van der Waals surface area contributed by atoms with Crippen LogP contribution in [-0.2, 0) is 20.9 Å². The van der Waals surface area contributed by atoms with Gasteiger partial charge < -0.3 is 14.2 Å². The van der Waals surface area contributed by atoms with E-state index in [0.717, 1.165) is 14.9 Å². The number of esters is 1. The summed E-state index contributed by atoms with van der Waals surface area (Å²) in [6.45, 7) is 2.10. The Hall–Kier alpha value is -4.15. The second kappa shape index (κ2) is 12.1. The van der Waals surface area contributed by atoms with Crippen LogP contribution in [0.15, 0.2) is 70.7 Å². The molecule has 1 aliphatic heterocycles. The minimum atomic E-state index is -0.919. The largest absolute Gasteiger partial charge is 0.493 e. The molecule has 39 heavy (non-hydrogen) atoms. The minimum absolute atomic E-state index is 0.162. The van der Waals surface area contributed by atoms with Crippen molar-refractivity contribution in [1.82, 2.24) is 5.32 Å². The van der Waals surface area contributed by atoms with Gasteiger partial charge in [-0.2, -0.15) is 0 Å². The molecule has 1 N–H and O–H groups in total. The van der Waals surface area contributed by atoms with Crippen molar-refractivity contribution in [2.45, 2.75) is 13.5 Å². The van der Waals surface area contributed by atoms with Crippen LogP contribution in [0.5, 0.6) is 11.5 Å². The highest BCUT2D eigenvalue weighted by molar-refractivity contribution is 9.10. The van der Waals surface area contributed by atoms with Crippen LogP contribution in [0.3, 0.4) is 0 Å². The molecule has 1 aliphatic rings. The highest BCUT2D eigenvalue weighted by Gasteiger charge is 2.37. The number of carbonyl (C=O) groups excluding carboxylic acids is 4. The Morgan fingerprint density at radius 2 is 1.79 bits per heavy atom. The smallest absolute Gasteiger partial charge is 0.338 e. The molecule has 0 unspecified atom stereocenters. The second-order valence-electron chi connectivity index (χ2n) is 8.14. The van der Waals surface area contributed by atoms with Crippen LogP contribution in [0.4, 0.5) is 10.5 Å². The Balaban J connectivity index is 1.61. The van der Waals surface area contributed by atoms with Gasteiger partial charge in [-0.25, -0.2) is 14.5 Å². The van der Waals surface area contributed by atoms with E-state index >= 15 is 0 Å².